The molecule has 1 aromatic carbocycles. The van der Waals surface area contributed by atoms with E-state index in [1.807, 2.05) is 36.2 Å². The monoisotopic (exact) mass is 264 g/mol. The predicted octanol–water partition coefficient (Wildman–Crippen LogP) is 3.60. The van der Waals surface area contributed by atoms with Gasteiger partial charge in [-0.05, 0) is 18.2 Å². The molecule has 0 radical (unpaired) electrons. The van der Waals surface area contributed by atoms with Crippen molar-refractivity contribution in [2.45, 2.75) is 12.4 Å². The second-order valence-electron chi connectivity index (χ2n) is 4.07. The molecule has 0 saturated heterocycles. The maximum absolute atomic E-state index is 13.5. The minimum absolute atomic E-state index is 0.196. The van der Waals surface area contributed by atoms with Crippen LogP contribution in [-0.2, 0) is 12.4 Å². The van der Waals surface area contributed by atoms with Crippen molar-refractivity contribution in [1.29, 1.82) is 0 Å². The molecule has 1 aromatic heterocycles. The number of halogens is 2. The van der Waals surface area contributed by atoms with E-state index in [9.17, 15) is 4.39 Å². The highest BCUT2D eigenvalue weighted by molar-refractivity contribution is 6.16. The van der Waals surface area contributed by atoms with Crippen molar-refractivity contribution >= 4 is 17.4 Å². The van der Waals surface area contributed by atoms with Crippen LogP contribution in [-0.4, -0.2) is 12.0 Å². The van der Waals surface area contributed by atoms with Crippen molar-refractivity contribution in [1.82, 2.24) is 4.98 Å². The largest absolute Gasteiger partial charge is 0.355 e. The Morgan fingerprint density at radius 2 is 1.94 bits per heavy atom. The number of pyridine rings is 1. The molecule has 0 bridgehead atoms. The van der Waals surface area contributed by atoms with Crippen molar-refractivity contribution in [2.75, 3.05) is 11.9 Å². The molecule has 18 heavy (non-hydrogen) atoms. The van der Waals surface area contributed by atoms with Crippen LogP contribution in [0.4, 0.5) is 10.2 Å². The molecule has 0 aliphatic heterocycles. The molecule has 1 heterocycles. The summed E-state index contributed by atoms with van der Waals surface area (Å²) < 4.78 is 13.5. The first-order valence-electron chi connectivity index (χ1n) is 5.67. The van der Waals surface area contributed by atoms with E-state index in [0.29, 0.717) is 18.0 Å². The summed E-state index contributed by atoms with van der Waals surface area (Å²) in [5, 5.41) is 0. The number of aromatic nitrogens is 1. The first kappa shape index (κ1) is 12.8. The Labute approximate surface area is 111 Å². The zero-order valence-corrected chi connectivity index (χ0v) is 10.9. The average Bonchev–Trinajstić information content (AvgIpc) is 2.41. The first-order valence-corrected chi connectivity index (χ1v) is 6.20. The lowest BCUT2D eigenvalue weighted by molar-refractivity contribution is 0.607. The lowest BCUT2D eigenvalue weighted by Crippen LogP contribution is -2.18. The third kappa shape index (κ3) is 2.99. The van der Waals surface area contributed by atoms with Crippen LogP contribution in [0.25, 0.3) is 0 Å². The fourth-order valence-corrected chi connectivity index (χ4v) is 1.87. The number of anilines is 1. The van der Waals surface area contributed by atoms with E-state index in [4.69, 9.17) is 11.6 Å². The average molecular weight is 265 g/mol. The maximum atomic E-state index is 13.5. The molecular weight excluding hydrogens is 251 g/mol. The zero-order chi connectivity index (χ0) is 13.0. The van der Waals surface area contributed by atoms with E-state index in [0.717, 1.165) is 11.5 Å². The summed E-state index contributed by atoms with van der Waals surface area (Å²) in [5.41, 5.74) is 1.47. The fourth-order valence-electron chi connectivity index (χ4n) is 1.72. The number of hydrogen-bond acceptors (Lipinski definition) is 2. The molecule has 4 heteroatoms. The quantitative estimate of drug-likeness (QED) is 0.785. The smallest absolute Gasteiger partial charge is 0.128 e. The van der Waals surface area contributed by atoms with Crippen molar-refractivity contribution in [2.24, 2.45) is 0 Å². The molecule has 0 spiro atoms. The van der Waals surface area contributed by atoms with Gasteiger partial charge < -0.3 is 4.90 Å². The van der Waals surface area contributed by atoms with Crippen molar-refractivity contribution in [3.05, 3.63) is 59.5 Å². The molecule has 0 aliphatic carbocycles. The minimum Gasteiger partial charge on any atom is -0.355 e. The van der Waals surface area contributed by atoms with Crippen LogP contribution in [0.1, 0.15) is 11.3 Å². The number of alkyl halides is 1. The topological polar surface area (TPSA) is 16.1 Å². The number of rotatable bonds is 4. The molecule has 2 rings (SSSR count). The third-order valence-electron chi connectivity index (χ3n) is 2.69. The number of benzene rings is 1. The third-order valence-corrected chi connectivity index (χ3v) is 2.96. The molecule has 0 aliphatic rings. The Morgan fingerprint density at radius 3 is 2.67 bits per heavy atom. The van der Waals surface area contributed by atoms with Gasteiger partial charge in [0.15, 0.2) is 0 Å². The van der Waals surface area contributed by atoms with Gasteiger partial charge in [0.1, 0.15) is 11.6 Å². The van der Waals surface area contributed by atoms with Gasteiger partial charge in [0.25, 0.3) is 0 Å². The summed E-state index contributed by atoms with van der Waals surface area (Å²) in [5.74, 6) is 0.968. The normalized spacial score (nSPS) is 10.4. The van der Waals surface area contributed by atoms with Gasteiger partial charge in [-0.2, -0.15) is 0 Å². The van der Waals surface area contributed by atoms with Gasteiger partial charge >= 0.3 is 0 Å². The number of hydrogen-bond donors (Lipinski definition) is 0. The fraction of sp³-hybridized carbons (Fsp3) is 0.214. The maximum Gasteiger partial charge on any atom is 0.128 e. The summed E-state index contributed by atoms with van der Waals surface area (Å²) in [7, 11) is 1.88. The molecule has 0 saturated carbocycles. The lowest BCUT2D eigenvalue weighted by atomic mass is 10.2. The molecule has 0 atom stereocenters. The summed E-state index contributed by atoms with van der Waals surface area (Å²) in [6, 6.07) is 12.4. The SMILES string of the molecule is CN(Cc1ccccc1F)c1cccc(CCl)n1. The Bertz CT molecular complexity index is 531. The molecule has 0 fully saturated rings. The van der Waals surface area contributed by atoms with Crippen LogP contribution < -0.4 is 4.90 Å². The van der Waals surface area contributed by atoms with E-state index in [2.05, 4.69) is 4.98 Å². The van der Waals surface area contributed by atoms with Crippen LogP contribution in [0.5, 0.6) is 0 Å². The van der Waals surface area contributed by atoms with E-state index in [1.165, 1.54) is 6.07 Å². The Hall–Kier alpha value is -1.61. The van der Waals surface area contributed by atoms with Gasteiger partial charge in [-0.1, -0.05) is 24.3 Å². The van der Waals surface area contributed by atoms with Crippen LogP contribution in [0.3, 0.4) is 0 Å². The molecule has 0 amide bonds. The van der Waals surface area contributed by atoms with Crippen LogP contribution in [0.2, 0.25) is 0 Å². The van der Waals surface area contributed by atoms with Gasteiger partial charge in [0, 0.05) is 19.2 Å². The predicted molar refractivity (Wildman–Crippen MR) is 72.3 cm³/mol. The summed E-state index contributed by atoms with van der Waals surface area (Å²) in [4.78, 5) is 6.29. The molecule has 94 valence electrons. The lowest BCUT2D eigenvalue weighted by Gasteiger charge is -2.19. The molecule has 2 aromatic rings. The summed E-state index contributed by atoms with van der Waals surface area (Å²) >= 11 is 5.75. The van der Waals surface area contributed by atoms with Gasteiger partial charge in [0.2, 0.25) is 0 Å². The van der Waals surface area contributed by atoms with E-state index >= 15 is 0 Å². The van der Waals surface area contributed by atoms with E-state index in [-0.39, 0.29) is 5.82 Å². The molecule has 2 nitrogen and oxygen atoms in total. The van der Waals surface area contributed by atoms with Gasteiger partial charge in [0.05, 0.1) is 11.6 Å². The second kappa shape index (κ2) is 5.83. The highest BCUT2D eigenvalue weighted by Gasteiger charge is 2.07. The van der Waals surface area contributed by atoms with E-state index in [1.54, 1.807) is 12.1 Å². The van der Waals surface area contributed by atoms with Gasteiger partial charge in [-0.3, -0.25) is 0 Å². The zero-order valence-electron chi connectivity index (χ0n) is 10.1. The van der Waals surface area contributed by atoms with Crippen LogP contribution >= 0.6 is 11.6 Å². The standard InChI is InChI=1S/C14H14ClFN2/c1-18(10-11-5-2-3-7-13(11)16)14-8-4-6-12(9-15)17-14/h2-8H,9-10H2,1H3. The number of nitrogens with zero attached hydrogens (tertiary/aromatic N) is 2. The molecule has 0 N–H and O–H groups in total. The Balaban J connectivity index is 2.16. The van der Waals surface area contributed by atoms with Crippen molar-refractivity contribution in [3.63, 3.8) is 0 Å². The Kier molecular flexibility index (Phi) is 4.15. The highest BCUT2D eigenvalue weighted by Crippen LogP contribution is 2.15. The summed E-state index contributed by atoms with van der Waals surface area (Å²) in [6.45, 7) is 0.478. The van der Waals surface area contributed by atoms with Gasteiger partial charge in [-0.15, -0.1) is 11.6 Å². The summed E-state index contributed by atoms with van der Waals surface area (Å²) in [6.07, 6.45) is 0. The van der Waals surface area contributed by atoms with Crippen molar-refractivity contribution < 1.29 is 4.39 Å². The Morgan fingerprint density at radius 1 is 1.17 bits per heavy atom. The van der Waals surface area contributed by atoms with Crippen molar-refractivity contribution in [3.8, 4) is 0 Å². The van der Waals surface area contributed by atoms with Crippen LogP contribution in [0.15, 0.2) is 42.5 Å². The second-order valence-corrected chi connectivity index (χ2v) is 4.34. The van der Waals surface area contributed by atoms with Gasteiger partial charge in [-0.25, -0.2) is 9.37 Å². The molecule has 0 unspecified atom stereocenters. The highest BCUT2D eigenvalue weighted by atomic mass is 35.5. The molecular formula is C14H14ClFN2. The minimum atomic E-state index is -0.196. The van der Waals surface area contributed by atoms with E-state index < -0.39 is 0 Å². The van der Waals surface area contributed by atoms with Crippen LogP contribution in [0, 0.1) is 5.82 Å². The first-order chi connectivity index (χ1) is 8.70.